The highest BCUT2D eigenvalue weighted by atomic mass is 32.2. The average molecular weight is 581 g/mol. The van der Waals surface area contributed by atoms with Crippen LogP contribution < -0.4 is 0 Å². The van der Waals surface area contributed by atoms with Crippen molar-refractivity contribution in [2.24, 2.45) is 17.8 Å². The fourth-order valence-electron chi connectivity index (χ4n) is 5.62. The summed E-state index contributed by atoms with van der Waals surface area (Å²) in [5.74, 6) is -1.56. The molecular formula is C27H40N4O8S. The number of sulfonamides is 1. The van der Waals surface area contributed by atoms with E-state index in [2.05, 4.69) is 0 Å². The number of nitro benzene ring substituents is 1. The van der Waals surface area contributed by atoms with Crippen LogP contribution in [0.2, 0.25) is 0 Å². The highest BCUT2D eigenvalue weighted by Gasteiger charge is 2.47. The van der Waals surface area contributed by atoms with Crippen LogP contribution in [0.4, 0.5) is 5.69 Å². The van der Waals surface area contributed by atoms with Crippen LogP contribution in [0.15, 0.2) is 29.2 Å². The van der Waals surface area contributed by atoms with Crippen molar-refractivity contribution in [1.29, 1.82) is 0 Å². The van der Waals surface area contributed by atoms with Gasteiger partial charge in [0.05, 0.1) is 4.92 Å². The Morgan fingerprint density at radius 1 is 1.05 bits per heavy atom. The van der Waals surface area contributed by atoms with Gasteiger partial charge in [0, 0.05) is 38.7 Å². The zero-order valence-corrected chi connectivity index (χ0v) is 24.4. The number of carbonyl (C=O) groups excluding carboxylic acids is 2. The van der Waals surface area contributed by atoms with Crippen molar-refractivity contribution >= 4 is 33.5 Å². The second-order valence-electron chi connectivity index (χ2n) is 11.5. The second kappa shape index (κ2) is 13.1. The van der Waals surface area contributed by atoms with Gasteiger partial charge in [0.2, 0.25) is 11.8 Å². The first-order valence-electron chi connectivity index (χ1n) is 13.8. The summed E-state index contributed by atoms with van der Waals surface area (Å²) in [6.45, 7) is 8.31. The maximum Gasteiger partial charge on any atom is 0.303 e. The number of rotatable bonds is 11. The van der Waals surface area contributed by atoms with E-state index in [9.17, 15) is 32.9 Å². The summed E-state index contributed by atoms with van der Waals surface area (Å²) >= 11 is 0. The molecule has 0 radical (unpaired) electrons. The molecule has 0 aliphatic carbocycles. The molecule has 0 aromatic heterocycles. The lowest BCUT2D eigenvalue weighted by atomic mass is 9.92. The number of piperidine rings is 1. The Labute approximate surface area is 235 Å². The Balaban J connectivity index is 1.90. The van der Waals surface area contributed by atoms with Crippen LogP contribution >= 0.6 is 0 Å². The predicted octanol–water partition coefficient (Wildman–Crippen LogP) is 2.97. The largest absolute Gasteiger partial charge is 0.481 e. The minimum absolute atomic E-state index is 0.00190. The van der Waals surface area contributed by atoms with E-state index in [1.807, 2.05) is 27.7 Å². The first-order chi connectivity index (χ1) is 18.7. The molecule has 2 saturated heterocycles. The quantitative estimate of drug-likeness (QED) is 0.309. The van der Waals surface area contributed by atoms with E-state index in [1.54, 1.807) is 4.90 Å². The molecule has 1 N–H and O–H groups in total. The first-order valence-corrected chi connectivity index (χ1v) is 15.2. The molecule has 2 atom stereocenters. The fraction of sp³-hybridized carbons (Fsp3) is 0.667. The Hall–Kier alpha value is -3.06. The molecule has 3 rings (SSSR count). The van der Waals surface area contributed by atoms with E-state index in [1.165, 1.54) is 23.1 Å². The number of carboxylic acids is 1. The maximum absolute atomic E-state index is 14.0. The smallest absolute Gasteiger partial charge is 0.303 e. The van der Waals surface area contributed by atoms with E-state index in [4.69, 9.17) is 5.11 Å². The van der Waals surface area contributed by atoms with Crippen LogP contribution in [0.1, 0.15) is 59.8 Å². The standard InChI is InChI=1S/C27H40N4O8S/c1-18(2)15-22(26(34)28-11-9-20(10-12-28)17-25(32)33)29-13-14-30(23(27(29)35)16-19(3)4)40(38,39)24-8-6-5-7-21(24)31(36)37/h5-8,18-20,22-23H,9-17H2,1-4H3,(H,32,33)/t22-,23-/m0/s1. The molecule has 1 aromatic carbocycles. The lowest BCUT2D eigenvalue weighted by Crippen LogP contribution is -2.64. The molecular weight excluding hydrogens is 540 g/mol. The molecule has 0 bridgehead atoms. The van der Waals surface area contributed by atoms with Crippen molar-refractivity contribution in [3.05, 3.63) is 34.4 Å². The number of likely N-dealkylation sites (tertiary alicyclic amines) is 1. The minimum atomic E-state index is -4.39. The summed E-state index contributed by atoms with van der Waals surface area (Å²) in [6, 6.07) is 3.21. The summed E-state index contributed by atoms with van der Waals surface area (Å²) in [4.78, 5) is 52.4. The Bertz CT molecular complexity index is 1210. The van der Waals surface area contributed by atoms with E-state index in [0.717, 1.165) is 10.4 Å². The van der Waals surface area contributed by atoms with Crippen molar-refractivity contribution in [2.45, 2.75) is 76.8 Å². The second-order valence-corrected chi connectivity index (χ2v) is 13.4. The Morgan fingerprint density at radius 3 is 2.23 bits per heavy atom. The van der Waals surface area contributed by atoms with Crippen LogP contribution in [-0.2, 0) is 24.4 Å². The van der Waals surface area contributed by atoms with Crippen molar-refractivity contribution < 1.29 is 32.8 Å². The van der Waals surface area contributed by atoms with Gasteiger partial charge in [-0.3, -0.25) is 24.5 Å². The number of carboxylic acid groups (broad SMARTS) is 1. The molecule has 1 aromatic rings. The zero-order chi connectivity index (χ0) is 29.8. The van der Waals surface area contributed by atoms with Gasteiger partial charge in [-0.2, -0.15) is 4.31 Å². The predicted molar refractivity (Wildman–Crippen MR) is 147 cm³/mol. The molecule has 13 heteroatoms. The fourth-order valence-corrected chi connectivity index (χ4v) is 7.37. The Kier molecular flexibility index (Phi) is 10.3. The van der Waals surface area contributed by atoms with Crippen molar-refractivity contribution in [1.82, 2.24) is 14.1 Å². The number of benzene rings is 1. The topological polar surface area (TPSA) is 158 Å². The highest BCUT2D eigenvalue weighted by Crippen LogP contribution is 2.32. The normalized spacial score (nSPS) is 20.2. The molecule has 0 saturated carbocycles. The number of carbonyl (C=O) groups is 3. The number of piperazine rings is 1. The van der Waals surface area contributed by atoms with Crippen LogP contribution in [-0.4, -0.2) is 88.6 Å². The third-order valence-electron chi connectivity index (χ3n) is 7.57. The third-order valence-corrected chi connectivity index (χ3v) is 9.52. The molecule has 2 aliphatic rings. The molecule has 0 unspecified atom stereocenters. The molecule has 2 fully saturated rings. The molecule has 12 nitrogen and oxygen atoms in total. The summed E-state index contributed by atoms with van der Waals surface area (Å²) in [7, 11) is -4.39. The number of aliphatic carboxylic acids is 1. The molecule has 2 heterocycles. The minimum Gasteiger partial charge on any atom is -0.481 e. The maximum atomic E-state index is 14.0. The lowest BCUT2D eigenvalue weighted by Gasteiger charge is -2.45. The third kappa shape index (κ3) is 7.17. The molecule has 2 aliphatic heterocycles. The summed E-state index contributed by atoms with van der Waals surface area (Å²) in [6.07, 6.45) is 1.78. The molecule has 2 amide bonds. The van der Waals surface area contributed by atoms with E-state index >= 15 is 0 Å². The summed E-state index contributed by atoms with van der Waals surface area (Å²) < 4.78 is 28.5. The van der Waals surface area contributed by atoms with Gasteiger partial charge in [-0.1, -0.05) is 39.8 Å². The van der Waals surface area contributed by atoms with E-state index < -0.39 is 49.5 Å². The average Bonchev–Trinajstić information content (AvgIpc) is 2.88. The summed E-state index contributed by atoms with van der Waals surface area (Å²) in [5.41, 5.74) is -0.556. The van der Waals surface area contributed by atoms with Crippen molar-refractivity contribution in [2.75, 3.05) is 26.2 Å². The number of amides is 2. The van der Waals surface area contributed by atoms with Gasteiger partial charge in [0.25, 0.3) is 15.7 Å². The SMILES string of the molecule is CC(C)C[C@@H](C(=O)N1CCC(CC(=O)O)CC1)N1CCN(S(=O)(=O)c2ccccc2[N+](=O)[O-])[C@@H](CC(C)C)C1=O. The van der Waals surface area contributed by atoms with Crippen molar-refractivity contribution in [3.63, 3.8) is 0 Å². The number of hydrogen-bond acceptors (Lipinski definition) is 7. The van der Waals surface area contributed by atoms with Gasteiger partial charge >= 0.3 is 5.97 Å². The lowest BCUT2D eigenvalue weighted by molar-refractivity contribution is -0.387. The van der Waals surface area contributed by atoms with Gasteiger partial charge in [-0.05, 0) is 49.5 Å². The van der Waals surface area contributed by atoms with Gasteiger partial charge in [0.1, 0.15) is 12.1 Å². The monoisotopic (exact) mass is 580 g/mol. The van der Waals surface area contributed by atoms with E-state index in [-0.39, 0.29) is 49.6 Å². The van der Waals surface area contributed by atoms with Gasteiger partial charge in [-0.25, -0.2) is 8.42 Å². The molecule has 40 heavy (non-hydrogen) atoms. The van der Waals surface area contributed by atoms with Crippen LogP contribution in [0.3, 0.4) is 0 Å². The van der Waals surface area contributed by atoms with Gasteiger partial charge in [0.15, 0.2) is 4.90 Å². The number of hydrogen-bond donors (Lipinski definition) is 1. The zero-order valence-electron chi connectivity index (χ0n) is 23.6. The van der Waals surface area contributed by atoms with Crippen LogP contribution in [0.5, 0.6) is 0 Å². The first kappa shape index (κ1) is 31.5. The number of nitro groups is 1. The summed E-state index contributed by atoms with van der Waals surface area (Å²) in [5, 5.41) is 20.7. The van der Waals surface area contributed by atoms with Crippen molar-refractivity contribution in [3.8, 4) is 0 Å². The highest BCUT2D eigenvalue weighted by molar-refractivity contribution is 7.89. The molecule has 0 spiro atoms. The molecule has 222 valence electrons. The van der Waals surface area contributed by atoms with E-state index in [0.29, 0.717) is 32.4 Å². The van der Waals surface area contributed by atoms with Gasteiger partial charge in [-0.15, -0.1) is 0 Å². The van der Waals surface area contributed by atoms with Crippen LogP contribution in [0, 0.1) is 27.9 Å². The van der Waals surface area contributed by atoms with Gasteiger partial charge < -0.3 is 14.9 Å². The number of para-hydroxylation sites is 1. The van der Waals surface area contributed by atoms with Crippen LogP contribution in [0.25, 0.3) is 0 Å². The number of nitrogens with zero attached hydrogens (tertiary/aromatic N) is 4. The Morgan fingerprint density at radius 2 is 1.68 bits per heavy atom.